The van der Waals surface area contributed by atoms with E-state index in [0.717, 1.165) is 0 Å². The molecule has 3 heteroatoms. The molecule has 1 rings (SSSR count). The highest BCUT2D eigenvalue weighted by molar-refractivity contribution is 4.88. The molecule has 0 aromatic carbocycles. The topological polar surface area (TPSA) is 38.5 Å². The van der Waals surface area contributed by atoms with E-state index in [1.165, 1.54) is 5.17 Å². The monoisotopic (exact) mass is 100 g/mol. The van der Waals surface area contributed by atoms with Gasteiger partial charge in [-0.1, -0.05) is 0 Å². The SMILES string of the molecule is CC1C=CN(N)O1. The van der Waals surface area contributed by atoms with E-state index in [1.807, 2.05) is 13.0 Å². The third kappa shape index (κ3) is 0.913. The van der Waals surface area contributed by atoms with Gasteiger partial charge >= 0.3 is 0 Å². The van der Waals surface area contributed by atoms with Gasteiger partial charge < -0.3 is 0 Å². The molecule has 1 atom stereocenters. The van der Waals surface area contributed by atoms with Crippen molar-refractivity contribution >= 4 is 0 Å². The molecule has 0 spiro atoms. The molecular formula is C4H8N2O. The third-order valence-corrected chi connectivity index (χ3v) is 0.792. The van der Waals surface area contributed by atoms with Gasteiger partial charge in [0, 0.05) is 6.20 Å². The van der Waals surface area contributed by atoms with Crippen molar-refractivity contribution in [1.29, 1.82) is 0 Å². The first-order valence-electron chi connectivity index (χ1n) is 2.18. The Bertz CT molecular complexity index is 81.7. The summed E-state index contributed by atoms with van der Waals surface area (Å²) in [5.41, 5.74) is 0. The van der Waals surface area contributed by atoms with Crippen LogP contribution in [-0.2, 0) is 4.84 Å². The minimum absolute atomic E-state index is 0.144. The van der Waals surface area contributed by atoms with Gasteiger partial charge in [0.1, 0.15) is 6.10 Å². The number of hydrogen-bond acceptors (Lipinski definition) is 3. The lowest BCUT2D eigenvalue weighted by atomic mass is 10.4. The zero-order valence-electron chi connectivity index (χ0n) is 4.16. The van der Waals surface area contributed by atoms with Crippen LogP contribution in [0.25, 0.3) is 0 Å². The molecular weight excluding hydrogens is 92.1 g/mol. The molecule has 0 saturated heterocycles. The summed E-state index contributed by atoms with van der Waals surface area (Å²) in [5, 5.41) is 1.20. The fourth-order valence-electron chi connectivity index (χ4n) is 0.468. The van der Waals surface area contributed by atoms with E-state index in [1.54, 1.807) is 6.20 Å². The van der Waals surface area contributed by atoms with Gasteiger partial charge in [-0.15, -0.1) is 0 Å². The minimum Gasteiger partial charge on any atom is -0.251 e. The molecule has 0 amide bonds. The largest absolute Gasteiger partial charge is 0.251 e. The number of hydrazine groups is 1. The van der Waals surface area contributed by atoms with Gasteiger partial charge in [0.15, 0.2) is 0 Å². The van der Waals surface area contributed by atoms with Crippen LogP contribution >= 0.6 is 0 Å². The van der Waals surface area contributed by atoms with Crippen molar-refractivity contribution in [2.45, 2.75) is 13.0 Å². The van der Waals surface area contributed by atoms with Crippen molar-refractivity contribution in [2.75, 3.05) is 0 Å². The van der Waals surface area contributed by atoms with Gasteiger partial charge in [0.2, 0.25) is 0 Å². The summed E-state index contributed by atoms with van der Waals surface area (Å²) in [6, 6.07) is 0. The quantitative estimate of drug-likeness (QED) is 0.436. The maximum Gasteiger partial charge on any atom is 0.104 e. The molecule has 0 fully saturated rings. The molecule has 1 aliphatic rings. The lowest BCUT2D eigenvalue weighted by Gasteiger charge is -2.06. The molecule has 0 aliphatic carbocycles. The highest BCUT2D eigenvalue weighted by Crippen LogP contribution is 2.02. The van der Waals surface area contributed by atoms with Gasteiger partial charge in [-0.25, -0.2) is 5.84 Å². The number of rotatable bonds is 0. The zero-order valence-corrected chi connectivity index (χ0v) is 4.16. The molecule has 0 saturated carbocycles. The molecule has 0 aromatic rings. The van der Waals surface area contributed by atoms with E-state index >= 15 is 0 Å². The van der Waals surface area contributed by atoms with E-state index in [0.29, 0.717) is 0 Å². The van der Waals surface area contributed by atoms with Crippen molar-refractivity contribution in [3.63, 3.8) is 0 Å². The van der Waals surface area contributed by atoms with E-state index in [2.05, 4.69) is 0 Å². The Hall–Kier alpha value is -0.540. The second-order valence-corrected chi connectivity index (χ2v) is 1.51. The summed E-state index contributed by atoms with van der Waals surface area (Å²) in [5.74, 6) is 5.15. The maximum atomic E-state index is 5.15. The highest BCUT2D eigenvalue weighted by atomic mass is 16.7. The molecule has 1 unspecified atom stereocenters. The van der Waals surface area contributed by atoms with Gasteiger partial charge in [-0.2, -0.15) is 5.17 Å². The van der Waals surface area contributed by atoms with Crippen LogP contribution in [0.2, 0.25) is 0 Å². The molecule has 7 heavy (non-hydrogen) atoms. The molecule has 0 radical (unpaired) electrons. The average Bonchev–Trinajstić information content (AvgIpc) is 1.87. The molecule has 2 N–H and O–H groups in total. The average molecular weight is 100 g/mol. The Morgan fingerprint density at radius 2 is 2.57 bits per heavy atom. The van der Waals surface area contributed by atoms with Crippen LogP contribution in [0.4, 0.5) is 0 Å². The first-order valence-corrected chi connectivity index (χ1v) is 2.18. The summed E-state index contributed by atoms with van der Waals surface area (Å²) in [6.45, 7) is 1.92. The number of nitrogens with zero attached hydrogens (tertiary/aromatic N) is 1. The van der Waals surface area contributed by atoms with Crippen LogP contribution in [-0.4, -0.2) is 11.3 Å². The Labute approximate surface area is 42.3 Å². The predicted molar refractivity (Wildman–Crippen MR) is 25.7 cm³/mol. The van der Waals surface area contributed by atoms with E-state index < -0.39 is 0 Å². The number of hydroxylamine groups is 1. The van der Waals surface area contributed by atoms with Gasteiger partial charge in [0.05, 0.1) is 0 Å². The maximum absolute atomic E-state index is 5.15. The summed E-state index contributed by atoms with van der Waals surface area (Å²) >= 11 is 0. The first kappa shape index (κ1) is 4.61. The number of nitrogens with two attached hydrogens (primary N) is 1. The van der Waals surface area contributed by atoms with Gasteiger partial charge in [-0.05, 0) is 13.0 Å². The normalized spacial score (nSPS) is 29.4. The Morgan fingerprint density at radius 1 is 1.86 bits per heavy atom. The van der Waals surface area contributed by atoms with Crippen molar-refractivity contribution in [1.82, 2.24) is 5.17 Å². The summed E-state index contributed by atoms with van der Waals surface area (Å²) in [7, 11) is 0. The van der Waals surface area contributed by atoms with E-state index in [9.17, 15) is 0 Å². The third-order valence-electron chi connectivity index (χ3n) is 0.792. The van der Waals surface area contributed by atoms with Crippen LogP contribution < -0.4 is 5.84 Å². The van der Waals surface area contributed by atoms with Crippen molar-refractivity contribution in [3.05, 3.63) is 12.3 Å². The molecule has 3 nitrogen and oxygen atoms in total. The van der Waals surface area contributed by atoms with Crippen molar-refractivity contribution < 1.29 is 4.84 Å². The lowest BCUT2D eigenvalue weighted by Crippen LogP contribution is -2.23. The Morgan fingerprint density at radius 3 is 2.71 bits per heavy atom. The number of hydrogen-bond donors (Lipinski definition) is 1. The van der Waals surface area contributed by atoms with Gasteiger partial charge in [0.25, 0.3) is 0 Å². The van der Waals surface area contributed by atoms with Crippen LogP contribution in [0.3, 0.4) is 0 Å². The summed E-state index contributed by atoms with van der Waals surface area (Å²) in [6.07, 6.45) is 3.70. The smallest absolute Gasteiger partial charge is 0.104 e. The minimum atomic E-state index is 0.144. The molecule has 40 valence electrons. The Balaban J connectivity index is 2.42. The van der Waals surface area contributed by atoms with Crippen LogP contribution in [0.15, 0.2) is 12.3 Å². The molecule has 1 heterocycles. The van der Waals surface area contributed by atoms with Crippen molar-refractivity contribution in [2.24, 2.45) is 5.84 Å². The van der Waals surface area contributed by atoms with Crippen LogP contribution in [0.1, 0.15) is 6.92 Å². The standard InChI is InChI=1S/C4H8N2O/c1-4-2-3-6(5)7-4/h2-4H,5H2,1H3. The summed E-state index contributed by atoms with van der Waals surface area (Å²) < 4.78 is 0. The zero-order chi connectivity index (χ0) is 5.28. The van der Waals surface area contributed by atoms with Crippen LogP contribution in [0.5, 0.6) is 0 Å². The fourth-order valence-corrected chi connectivity index (χ4v) is 0.468. The predicted octanol–water partition coefficient (Wildman–Crippen LogP) is 0.00950. The lowest BCUT2D eigenvalue weighted by molar-refractivity contribution is -0.125. The molecule has 0 aromatic heterocycles. The summed E-state index contributed by atoms with van der Waals surface area (Å²) in [4.78, 5) is 4.86. The Kier molecular flexibility index (Phi) is 1.00. The van der Waals surface area contributed by atoms with Crippen molar-refractivity contribution in [3.8, 4) is 0 Å². The first-order chi connectivity index (χ1) is 3.29. The molecule has 0 bridgehead atoms. The van der Waals surface area contributed by atoms with Gasteiger partial charge in [-0.3, -0.25) is 4.84 Å². The second-order valence-electron chi connectivity index (χ2n) is 1.51. The van der Waals surface area contributed by atoms with Crippen LogP contribution in [0, 0.1) is 0 Å². The fraction of sp³-hybridized carbons (Fsp3) is 0.500. The highest BCUT2D eigenvalue weighted by Gasteiger charge is 2.05. The molecule has 1 aliphatic heterocycles. The second kappa shape index (κ2) is 1.52. The van der Waals surface area contributed by atoms with E-state index in [4.69, 9.17) is 10.7 Å². The van der Waals surface area contributed by atoms with E-state index in [-0.39, 0.29) is 6.10 Å².